The second-order valence-electron chi connectivity index (χ2n) is 10.9. The number of nitrogens with zero attached hydrogens (tertiary/aromatic N) is 7. The van der Waals surface area contributed by atoms with E-state index in [1.807, 2.05) is 0 Å². The molecule has 1 saturated heterocycles. The van der Waals surface area contributed by atoms with Gasteiger partial charge in [-0.1, -0.05) is 0 Å². The summed E-state index contributed by atoms with van der Waals surface area (Å²) in [5.41, 5.74) is -0.786. The normalized spacial score (nSPS) is 19.2. The first-order valence-corrected chi connectivity index (χ1v) is 14.3. The van der Waals surface area contributed by atoms with Gasteiger partial charge in [0.25, 0.3) is 0 Å². The Labute approximate surface area is 257 Å². The molecular weight excluding hydrogens is 599 g/mol. The Balaban J connectivity index is 1.27. The number of amides is 2. The van der Waals surface area contributed by atoms with E-state index in [0.717, 1.165) is 6.20 Å². The molecule has 1 saturated carbocycles. The van der Waals surface area contributed by atoms with Crippen LogP contribution in [0.5, 0.6) is 11.9 Å². The number of carbonyl (C=O) groups is 1. The zero-order valence-corrected chi connectivity index (χ0v) is 25.0. The highest BCUT2D eigenvalue weighted by molar-refractivity contribution is 5.91. The minimum Gasteiger partial charge on any atom is -0.467 e. The third-order valence-electron chi connectivity index (χ3n) is 7.40. The average Bonchev–Trinajstić information content (AvgIpc) is 3.01. The van der Waals surface area contributed by atoms with E-state index in [2.05, 4.69) is 40.5 Å². The standard InChI is InChI=1S/C28H34F3N9O5/c1-27(15-44-16-27)45-23-20(28(29,30)31)12-35-24(39-23)38-18-4-6-19(7-5-18)40(26(41)32-8-9-42-2)22-14-33-21(13-34-22)17-10-36-25(43-3)37-11-17/h10-14,18-19H,4-9,15-16H2,1-3H3,(H,32,41)(H,35,38,39). The SMILES string of the molecule is COCCNC(=O)N(c1cnc(-c2cnc(OC)nc2)cn1)C1CCC(Nc2ncc(C(F)(F)F)c(OC3(C)COC3)n2)CC1. The topological polar surface area (TPSA) is 159 Å². The van der Waals surface area contributed by atoms with Gasteiger partial charge in [-0.15, -0.1) is 0 Å². The summed E-state index contributed by atoms with van der Waals surface area (Å²) in [6.45, 7) is 2.64. The van der Waals surface area contributed by atoms with Gasteiger partial charge in [0, 0.05) is 49.9 Å². The third kappa shape index (κ3) is 7.83. The lowest BCUT2D eigenvalue weighted by atomic mass is 9.90. The number of ether oxygens (including phenoxy) is 4. The molecule has 0 bridgehead atoms. The maximum Gasteiger partial charge on any atom is 0.423 e. The summed E-state index contributed by atoms with van der Waals surface area (Å²) in [7, 11) is 3.02. The van der Waals surface area contributed by atoms with Crippen molar-refractivity contribution in [1.29, 1.82) is 0 Å². The highest BCUT2D eigenvalue weighted by Crippen LogP contribution is 2.38. The molecule has 2 N–H and O–H groups in total. The predicted octanol–water partition coefficient (Wildman–Crippen LogP) is 3.50. The smallest absolute Gasteiger partial charge is 0.423 e. The molecule has 3 aromatic heterocycles. The number of hydrogen-bond donors (Lipinski definition) is 2. The summed E-state index contributed by atoms with van der Waals surface area (Å²) in [6, 6.07) is -0.486. The summed E-state index contributed by atoms with van der Waals surface area (Å²) in [6.07, 6.45) is 4.57. The van der Waals surface area contributed by atoms with Crippen LogP contribution in [0, 0.1) is 0 Å². The quantitative estimate of drug-likeness (QED) is 0.297. The van der Waals surface area contributed by atoms with Crippen LogP contribution in [0.2, 0.25) is 0 Å². The van der Waals surface area contributed by atoms with E-state index in [1.54, 1.807) is 37.5 Å². The first-order chi connectivity index (χ1) is 21.6. The Hall–Kier alpha value is -4.38. The Kier molecular flexibility index (Phi) is 9.77. The summed E-state index contributed by atoms with van der Waals surface area (Å²) in [5, 5.41) is 5.99. The van der Waals surface area contributed by atoms with Crippen LogP contribution in [-0.4, -0.2) is 94.2 Å². The number of alkyl halides is 3. The molecule has 242 valence electrons. The number of carbonyl (C=O) groups excluding carboxylic acids is 1. The fourth-order valence-electron chi connectivity index (χ4n) is 5.00. The molecule has 0 unspecified atom stereocenters. The highest BCUT2D eigenvalue weighted by atomic mass is 19.4. The van der Waals surface area contributed by atoms with Crippen molar-refractivity contribution < 1.29 is 36.9 Å². The first kappa shape index (κ1) is 32.0. The first-order valence-electron chi connectivity index (χ1n) is 14.3. The van der Waals surface area contributed by atoms with Crippen LogP contribution in [0.1, 0.15) is 38.2 Å². The number of halogens is 3. The van der Waals surface area contributed by atoms with Crippen LogP contribution >= 0.6 is 0 Å². The Morgan fingerprint density at radius 1 is 1.02 bits per heavy atom. The van der Waals surface area contributed by atoms with Crippen LogP contribution < -0.4 is 25.0 Å². The van der Waals surface area contributed by atoms with E-state index in [-0.39, 0.29) is 43.3 Å². The highest BCUT2D eigenvalue weighted by Gasteiger charge is 2.42. The van der Waals surface area contributed by atoms with Gasteiger partial charge in [0.15, 0.2) is 11.4 Å². The number of nitrogens with one attached hydrogen (secondary N) is 2. The van der Waals surface area contributed by atoms with Gasteiger partial charge < -0.3 is 29.6 Å². The molecule has 3 aromatic rings. The zero-order chi connectivity index (χ0) is 32.0. The Morgan fingerprint density at radius 3 is 2.33 bits per heavy atom. The molecule has 2 aliphatic rings. The summed E-state index contributed by atoms with van der Waals surface area (Å²) in [4.78, 5) is 40.1. The minimum atomic E-state index is -4.68. The molecular formula is C28H34F3N9O5. The van der Waals surface area contributed by atoms with Crippen LogP contribution in [0.3, 0.4) is 0 Å². The van der Waals surface area contributed by atoms with Gasteiger partial charge in [0.2, 0.25) is 11.8 Å². The van der Waals surface area contributed by atoms with Gasteiger partial charge in [0.1, 0.15) is 5.56 Å². The fourth-order valence-corrected chi connectivity index (χ4v) is 5.00. The fraction of sp³-hybridized carbons (Fsp3) is 0.536. The van der Waals surface area contributed by atoms with Crippen molar-refractivity contribution in [3.8, 4) is 23.1 Å². The van der Waals surface area contributed by atoms with Crippen LogP contribution in [0.15, 0.2) is 31.0 Å². The molecule has 0 atom stereocenters. The average molecular weight is 634 g/mol. The van der Waals surface area contributed by atoms with Gasteiger partial charge in [-0.2, -0.15) is 18.2 Å². The zero-order valence-electron chi connectivity index (χ0n) is 25.0. The monoisotopic (exact) mass is 633 g/mol. The minimum absolute atomic E-state index is 0.0309. The van der Waals surface area contributed by atoms with Gasteiger partial charge >= 0.3 is 18.2 Å². The molecule has 0 spiro atoms. The van der Waals surface area contributed by atoms with Gasteiger partial charge in [-0.25, -0.2) is 24.7 Å². The van der Waals surface area contributed by atoms with Crippen molar-refractivity contribution in [2.24, 2.45) is 0 Å². The molecule has 5 rings (SSSR count). The van der Waals surface area contributed by atoms with Crippen molar-refractivity contribution in [2.75, 3.05) is 50.8 Å². The van der Waals surface area contributed by atoms with Crippen molar-refractivity contribution in [2.45, 2.75) is 56.5 Å². The van der Waals surface area contributed by atoms with Crippen LogP contribution in [-0.2, 0) is 15.7 Å². The summed E-state index contributed by atoms with van der Waals surface area (Å²) in [5.74, 6) is -0.147. The maximum atomic E-state index is 13.6. The maximum absolute atomic E-state index is 13.6. The number of anilines is 2. The predicted molar refractivity (Wildman–Crippen MR) is 154 cm³/mol. The molecule has 17 heteroatoms. The van der Waals surface area contributed by atoms with Crippen molar-refractivity contribution in [3.63, 3.8) is 0 Å². The Morgan fingerprint density at radius 2 is 1.76 bits per heavy atom. The summed E-state index contributed by atoms with van der Waals surface area (Å²) < 4.78 is 61.6. The number of urea groups is 1. The largest absolute Gasteiger partial charge is 0.467 e. The van der Waals surface area contributed by atoms with Gasteiger partial charge in [-0.3, -0.25) is 9.88 Å². The molecule has 1 aliphatic heterocycles. The molecule has 0 aromatic carbocycles. The van der Waals surface area contributed by atoms with E-state index >= 15 is 0 Å². The van der Waals surface area contributed by atoms with E-state index in [4.69, 9.17) is 18.9 Å². The number of rotatable bonds is 11. The van der Waals surface area contributed by atoms with Crippen molar-refractivity contribution >= 4 is 17.8 Å². The van der Waals surface area contributed by atoms with Crippen LogP contribution in [0.4, 0.5) is 29.7 Å². The Bertz CT molecular complexity index is 1440. The van der Waals surface area contributed by atoms with Crippen molar-refractivity contribution in [1.82, 2.24) is 35.2 Å². The molecule has 0 radical (unpaired) electrons. The molecule has 2 amide bonds. The lowest BCUT2D eigenvalue weighted by Crippen LogP contribution is -2.52. The molecule has 1 aliphatic carbocycles. The molecule has 45 heavy (non-hydrogen) atoms. The molecule has 2 fully saturated rings. The third-order valence-corrected chi connectivity index (χ3v) is 7.40. The summed E-state index contributed by atoms with van der Waals surface area (Å²) >= 11 is 0. The lowest BCUT2D eigenvalue weighted by molar-refractivity contribution is -0.162. The molecule has 4 heterocycles. The number of hydrogen-bond acceptors (Lipinski definition) is 12. The lowest BCUT2D eigenvalue weighted by Gasteiger charge is -2.38. The number of aromatic nitrogens is 6. The molecule has 14 nitrogen and oxygen atoms in total. The van der Waals surface area contributed by atoms with E-state index in [0.29, 0.717) is 55.9 Å². The van der Waals surface area contributed by atoms with Gasteiger partial charge in [0.05, 0.1) is 45.0 Å². The number of methoxy groups -OCH3 is 2. The van der Waals surface area contributed by atoms with E-state index in [1.165, 1.54) is 13.3 Å². The van der Waals surface area contributed by atoms with E-state index in [9.17, 15) is 18.0 Å². The van der Waals surface area contributed by atoms with Crippen molar-refractivity contribution in [3.05, 3.63) is 36.5 Å². The van der Waals surface area contributed by atoms with Gasteiger partial charge in [-0.05, 0) is 32.6 Å². The van der Waals surface area contributed by atoms with E-state index < -0.39 is 23.2 Å². The second-order valence-corrected chi connectivity index (χ2v) is 10.9. The second kappa shape index (κ2) is 13.7. The van der Waals surface area contributed by atoms with Crippen LogP contribution in [0.25, 0.3) is 11.3 Å².